The fraction of sp³-hybridized carbons (Fsp3) is 0.316. The number of ether oxygens (including phenoxy) is 2. The topological polar surface area (TPSA) is 70.7 Å². The van der Waals surface area contributed by atoms with E-state index in [-0.39, 0.29) is 13.1 Å². The Morgan fingerprint density at radius 2 is 2.11 bits per heavy atom. The monoisotopic (exact) mass is 384 g/mol. The SMILES string of the molecule is C.COc1ccc(Cn2c(=O)n3ncnc3c3c4c(sc32)COCC4)cc1. The van der Waals surface area contributed by atoms with Gasteiger partial charge in [-0.05, 0) is 29.7 Å². The molecule has 1 aromatic carbocycles. The summed E-state index contributed by atoms with van der Waals surface area (Å²) in [6.07, 6.45) is 2.27. The van der Waals surface area contributed by atoms with Crippen molar-refractivity contribution in [3.63, 3.8) is 0 Å². The third-order valence-corrected chi connectivity index (χ3v) is 5.96. The average molecular weight is 384 g/mol. The van der Waals surface area contributed by atoms with Gasteiger partial charge in [-0.1, -0.05) is 19.6 Å². The third-order valence-electron chi connectivity index (χ3n) is 4.73. The molecule has 140 valence electrons. The smallest absolute Gasteiger partial charge is 0.352 e. The lowest BCUT2D eigenvalue weighted by Crippen LogP contribution is -2.28. The summed E-state index contributed by atoms with van der Waals surface area (Å²) in [6, 6.07) is 7.75. The normalized spacial score (nSPS) is 13.5. The molecule has 27 heavy (non-hydrogen) atoms. The van der Waals surface area contributed by atoms with Crippen LogP contribution in [0, 0.1) is 0 Å². The maximum Gasteiger partial charge on any atom is 0.352 e. The molecule has 0 saturated heterocycles. The third kappa shape index (κ3) is 2.72. The van der Waals surface area contributed by atoms with E-state index in [0.717, 1.165) is 28.0 Å². The number of benzene rings is 1. The van der Waals surface area contributed by atoms with Crippen LogP contribution in [-0.2, 0) is 24.3 Å². The van der Waals surface area contributed by atoms with Crippen LogP contribution in [0.25, 0.3) is 15.9 Å². The fourth-order valence-corrected chi connectivity index (χ4v) is 4.72. The van der Waals surface area contributed by atoms with Gasteiger partial charge in [-0.25, -0.2) is 9.78 Å². The van der Waals surface area contributed by atoms with Crippen LogP contribution < -0.4 is 10.4 Å². The molecule has 4 heterocycles. The lowest BCUT2D eigenvalue weighted by molar-refractivity contribution is 0.114. The molecule has 0 spiro atoms. The number of nitrogens with zero attached hydrogens (tertiary/aromatic N) is 4. The summed E-state index contributed by atoms with van der Waals surface area (Å²) in [5.41, 5.74) is 2.71. The number of methoxy groups -OCH3 is 1. The Morgan fingerprint density at radius 3 is 2.89 bits per heavy atom. The van der Waals surface area contributed by atoms with Gasteiger partial charge in [0.25, 0.3) is 0 Å². The second kappa shape index (κ2) is 6.79. The minimum Gasteiger partial charge on any atom is -0.497 e. The van der Waals surface area contributed by atoms with Crippen LogP contribution in [0.1, 0.15) is 23.4 Å². The van der Waals surface area contributed by atoms with Crippen LogP contribution in [0.3, 0.4) is 0 Å². The van der Waals surface area contributed by atoms with E-state index in [1.165, 1.54) is 21.3 Å². The zero-order chi connectivity index (χ0) is 17.7. The first-order chi connectivity index (χ1) is 12.8. The molecule has 3 aromatic heterocycles. The first-order valence-corrected chi connectivity index (χ1v) is 9.15. The van der Waals surface area contributed by atoms with Gasteiger partial charge in [0.2, 0.25) is 0 Å². The first kappa shape index (κ1) is 17.7. The predicted octanol–water partition coefficient (Wildman–Crippen LogP) is 2.87. The van der Waals surface area contributed by atoms with E-state index in [1.807, 2.05) is 24.3 Å². The number of hydrogen-bond donors (Lipinski definition) is 0. The standard InChI is InChI=1S/C18H16N4O3S.CH4/c1-24-12-4-2-11(3-5-12)8-21-17-15(13-6-7-25-9-14(13)26-17)16-19-10-20-22(16)18(21)23;/h2-5,10H,6-9H2,1H3;1H4. The van der Waals surface area contributed by atoms with E-state index >= 15 is 0 Å². The average Bonchev–Trinajstić information content (AvgIpc) is 3.30. The second-order valence-corrected chi connectivity index (χ2v) is 7.28. The predicted molar refractivity (Wildman–Crippen MR) is 105 cm³/mol. The Balaban J connectivity index is 0.00000180. The number of rotatable bonds is 3. The molecule has 1 aliphatic heterocycles. The molecule has 0 atom stereocenters. The highest BCUT2D eigenvalue weighted by atomic mass is 32.1. The first-order valence-electron chi connectivity index (χ1n) is 8.33. The Bertz CT molecular complexity index is 1170. The largest absolute Gasteiger partial charge is 0.497 e. The Morgan fingerprint density at radius 1 is 1.30 bits per heavy atom. The van der Waals surface area contributed by atoms with E-state index in [9.17, 15) is 4.79 Å². The van der Waals surface area contributed by atoms with Crippen LogP contribution in [-0.4, -0.2) is 32.9 Å². The highest BCUT2D eigenvalue weighted by Gasteiger charge is 2.23. The van der Waals surface area contributed by atoms with E-state index in [2.05, 4.69) is 10.1 Å². The zero-order valence-corrected chi connectivity index (χ0v) is 15.0. The molecule has 8 heteroatoms. The molecule has 1 aliphatic rings. The summed E-state index contributed by atoms with van der Waals surface area (Å²) < 4.78 is 14.0. The Labute approximate surface area is 159 Å². The Kier molecular flexibility index (Phi) is 4.45. The fourth-order valence-electron chi connectivity index (χ4n) is 3.44. The van der Waals surface area contributed by atoms with Gasteiger partial charge in [0.05, 0.1) is 32.3 Å². The Hall–Kier alpha value is -2.71. The summed E-state index contributed by atoms with van der Waals surface area (Å²) in [7, 11) is 1.64. The van der Waals surface area contributed by atoms with Crippen molar-refractivity contribution in [1.82, 2.24) is 19.2 Å². The highest BCUT2D eigenvalue weighted by molar-refractivity contribution is 7.19. The van der Waals surface area contributed by atoms with Crippen molar-refractivity contribution in [1.29, 1.82) is 0 Å². The lowest BCUT2D eigenvalue weighted by Gasteiger charge is -2.12. The van der Waals surface area contributed by atoms with Gasteiger partial charge in [-0.3, -0.25) is 4.57 Å². The molecule has 0 saturated carbocycles. The summed E-state index contributed by atoms with van der Waals surface area (Å²) in [6.45, 7) is 1.75. The van der Waals surface area contributed by atoms with E-state index in [1.54, 1.807) is 23.0 Å². The number of fused-ring (bicyclic) bond motifs is 5. The van der Waals surface area contributed by atoms with Crippen molar-refractivity contribution in [2.75, 3.05) is 13.7 Å². The van der Waals surface area contributed by atoms with Crippen molar-refractivity contribution in [3.8, 4) is 5.75 Å². The molecular formula is C19H20N4O3S. The molecule has 0 radical (unpaired) electrons. The molecular weight excluding hydrogens is 364 g/mol. The number of aromatic nitrogens is 4. The van der Waals surface area contributed by atoms with E-state index < -0.39 is 0 Å². The summed E-state index contributed by atoms with van der Waals surface area (Å²) in [4.78, 5) is 19.5. The minimum absolute atomic E-state index is 0. The molecule has 7 nitrogen and oxygen atoms in total. The molecule has 0 unspecified atom stereocenters. The van der Waals surface area contributed by atoms with Crippen molar-refractivity contribution in [3.05, 3.63) is 57.1 Å². The summed E-state index contributed by atoms with van der Waals surface area (Å²) >= 11 is 1.62. The van der Waals surface area contributed by atoms with Crippen LogP contribution in [0.15, 0.2) is 35.4 Å². The maximum atomic E-state index is 13.0. The van der Waals surface area contributed by atoms with Crippen molar-refractivity contribution in [2.24, 2.45) is 0 Å². The maximum absolute atomic E-state index is 13.0. The van der Waals surface area contributed by atoms with Gasteiger partial charge in [-0.2, -0.15) is 9.61 Å². The highest BCUT2D eigenvalue weighted by Crippen LogP contribution is 2.35. The molecule has 5 rings (SSSR count). The van der Waals surface area contributed by atoms with Crippen molar-refractivity contribution >= 4 is 27.2 Å². The molecule has 0 fully saturated rings. The molecule has 0 bridgehead atoms. The van der Waals surface area contributed by atoms with Crippen LogP contribution in [0.2, 0.25) is 0 Å². The summed E-state index contributed by atoms with van der Waals surface area (Å²) in [5.74, 6) is 0.793. The van der Waals surface area contributed by atoms with Gasteiger partial charge in [0.1, 0.15) is 16.9 Å². The van der Waals surface area contributed by atoms with Gasteiger partial charge < -0.3 is 9.47 Å². The van der Waals surface area contributed by atoms with Crippen molar-refractivity contribution in [2.45, 2.75) is 27.0 Å². The van der Waals surface area contributed by atoms with Gasteiger partial charge in [0.15, 0.2) is 5.65 Å². The molecule has 4 aromatic rings. The molecule has 0 aliphatic carbocycles. The second-order valence-electron chi connectivity index (χ2n) is 6.20. The zero-order valence-electron chi connectivity index (χ0n) is 14.1. The van der Waals surface area contributed by atoms with Crippen LogP contribution >= 0.6 is 11.3 Å². The van der Waals surface area contributed by atoms with Crippen LogP contribution in [0.4, 0.5) is 0 Å². The van der Waals surface area contributed by atoms with Gasteiger partial charge in [-0.15, -0.1) is 11.3 Å². The van der Waals surface area contributed by atoms with Gasteiger partial charge in [0, 0.05) is 4.88 Å². The minimum atomic E-state index is -0.180. The van der Waals surface area contributed by atoms with Crippen molar-refractivity contribution < 1.29 is 9.47 Å². The number of thiophene rings is 1. The lowest BCUT2D eigenvalue weighted by atomic mass is 10.1. The summed E-state index contributed by atoms with van der Waals surface area (Å²) in [5, 5.41) is 5.18. The van der Waals surface area contributed by atoms with E-state index in [0.29, 0.717) is 25.4 Å². The quantitative estimate of drug-likeness (QED) is 0.543. The molecule has 0 amide bonds. The molecule has 0 N–H and O–H groups in total. The van der Waals surface area contributed by atoms with Gasteiger partial charge >= 0.3 is 5.69 Å². The van der Waals surface area contributed by atoms with Crippen LogP contribution in [0.5, 0.6) is 5.75 Å². The van der Waals surface area contributed by atoms with E-state index in [4.69, 9.17) is 9.47 Å². The number of hydrogen-bond acceptors (Lipinski definition) is 6.